The average Bonchev–Trinajstić information content (AvgIpc) is 2.48. The van der Waals surface area contributed by atoms with Crippen LogP contribution in [0.15, 0.2) is 24.5 Å². The normalized spacial score (nSPS) is 18.9. The molecule has 1 atom stereocenters. The maximum atomic E-state index is 5.82. The highest BCUT2D eigenvalue weighted by atomic mass is 32.1. The van der Waals surface area contributed by atoms with Crippen LogP contribution in [0.5, 0.6) is 0 Å². The van der Waals surface area contributed by atoms with Crippen LogP contribution >= 0.6 is 12.2 Å². The van der Waals surface area contributed by atoms with Crippen molar-refractivity contribution < 1.29 is 0 Å². The van der Waals surface area contributed by atoms with Crippen molar-refractivity contribution in [2.24, 2.45) is 5.73 Å². The lowest BCUT2D eigenvalue weighted by Gasteiger charge is -2.38. The van der Waals surface area contributed by atoms with Crippen LogP contribution in [0.2, 0.25) is 0 Å². The summed E-state index contributed by atoms with van der Waals surface area (Å²) in [7, 11) is 0. The summed E-state index contributed by atoms with van der Waals surface area (Å²) in [6.07, 6.45) is 5.82. The van der Waals surface area contributed by atoms with Gasteiger partial charge in [-0.3, -0.25) is 9.88 Å². The molecule has 1 unspecified atom stereocenters. The Morgan fingerprint density at radius 1 is 1.30 bits per heavy atom. The second-order valence-corrected chi connectivity index (χ2v) is 5.78. The molecule has 20 heavy (non-hydrogen) atoms. The van der Waals surface area contributed by atoms with Gasteiger partial charge in [0, 0.05) is 45.1 Å². The number of rotatable bonds is 6. The second-order valence-electron chi connectivity index (χ2n) is 5.31. The van der Waals surface area contributed by atoms with Crippen molar-refractivity contribution in [2.45, 2.75) is 25.8 Å². The van der Waals surface area contributed by atoms with E-state index in [9.17, 15) is 0 Å². The van der Waals surface area contributed by atoms with E-state index in [1.807, 2.05) is 12.4 Å². The van der Waals surface area contributed by atoms with Crippen LogP contribution in [-0.4, -0.2) is 58.5 Å². The van der Waals surface area contributed by atoms with E-state index in [1.165, 1.54) is 5.56 Å². The van der Waals surface area contributed by atoms with E-state index in [-0.39, 0.29) is 6.04 Å². The molecule has 0 aromatic carbocycles. The molecule has 0 bridgehead atoms. The first kappa shape index (κ1) is 15.4. The SMILES string of the molecule is CCC(C(N)=S)N1CCN(CCc2ccncc2)CC1. The van der Waals surface area contributed by atoms with Gasteiger partial charge in [-0.2, -0.15) is 0 Å². The van der Waals surface area contributed by atoms with Crippen molar-refractivity contribution in [1.82, 2.24) is 14.8 Å². The quantitative estimate of drug-likeness (QED) is 0.801. The fraction of sp³-hybridized carbons (Fsp3) is 0.600. The third-order valence-corrected chi connectivity index (χ3v) is 4.30. The van der Waals surface area contributed by atoms with Crippen LogP contribution in [0.25, 0.3) is 0 Å². The largest absolute Gasteiger partial charge is 0.392 e. The molecule has 1 aromatic heterocycles. The molecule has 0 aliphatic carbocycles. The summed E-state index contributed by atoms with van der Waals surface area (Å²) in [5, 5.41) is 0. The molecule has 2 N–H and O–H groups in total. The Morgan fingerprint density at radius 3 is 2.50 bits per heavy atom. The smallest absolute Gasteiger partial charge is 0.0901 e. The molecule has 110 valence electrons. The summed E-state index contributed by atoms with van der Waals surface area (Å²) in [6.45, 7) is 7.59. The van der Waals surface area contributed by atoms with Gasteiger partial charge in [-0.05, 0) is 30.5 Å². The van der Waals surface area contributed by atoms with Gasteiger partial charge < -0.3 is 10.6 Å². The summed E-state index contributed by atoms with van der Waals surface area (Å²) in [4.78, 5) is 9.63. The molecule has 0 radical (unpaired) electrons. The Morgan fingerprint density at radius 2 is 1.95 bits per heavy atom. The summed E-state index contributed by atoms with van der Waals surface area (Å²) in [5.74, 6) is 0. The van der Waals surface area contributed by atoms with Crippen LogP contribution in [0.4, 0.5) is 0 Å². The van der Waals surface area contributed by atoms with E-state index in [0.29, 0.717) is 4.99 Å². The lowest BCUT2D eigenvalue weighted by atomic mass is 10.1. The average molecular weight is 292 g/mol. The molecular weight excluding hydrogens is 268 g/mol. The zero-order chi connectivity index (χ0) is 14.4. The Kier molecular flexibility index (Phi) is 5.88. The molecular formula is C15H24N4S. The highest BCUT2D eigenvalue weighted by molar-refractivity contribution is 7.80. The number of pyridine rings is 1. The van der Waals surface area contributed by atoms with E-state index >= 15 is 0 Å². The van der Waals surface area contributed by atoms with Crippen molar-refractivity contribution in [3.05, 3.63) is 30.1 Å². The number of piperazine rings is 1. The Hall–Kier alpha value is -1.04. The highest BCUT2D eigenvalue weighted by Gasteiger charge is 2.23. The second kappa shape index (κ2) is 7.67. The lowest BCUT2D eigenvalue weighted by molar-refractivity contribution is 0.117. The van der Waals surface area contributed by atoms with E-state index < -0.39 is 0 Å². The van der Waals surface area contributed by atoms with Gasteiger partial charge in [0.25, 0.3) is 0 Å². The molecule has 1 aromatic rings. The zero-order valence-corrected chi connectivity index (χ0v) is 13.0. The first-order chi connectivity index (χ1) is 9.70. The first-order valence-electron chi connectivity index (χ1n) is 7.35. The van der Waals surface area contributed by atoms with Crippen molar-refractivity contribution in [1.29, 1.82) is 0 Å². The topological polar surface area (TPSA) is 45.4 Å². The monoisotopic (exact) mass is 292 g/mol. The molecule has 4 nitrogen and oxygen atoms in total. The first-order valence-corrected chi connectivity index (χ1v) is 7.76. The minimum Gasteiger partial charge on any atom is -0.392 e. The van der Waals surface area contributed by atoms with E-state index in [0.717, 1.165) is 45.6 Å². The third-order valence-electron chi connectivity index (χ3n) is 4.03. The van der Waals surface area contributed by atoms with Gasteiger partial charge in [0.05, 0.1) is 11.0 Å². The van der Waals surface area contributed by atoms with E-state index in [4.69, 9.17) is 18.0 Å². The molecule has 1 fully saturated rings. The van der Waals surface area contributed by atoms with Crippen LogP contribution in [0.3, 0.4) is 0 Å². The number of nitrogens with zero attached hydrogens (tertiary/aromatic N) is 3. The Bertz CT molecular complexity index is 415. The van der Waals surface area contributed by atoms with Crippen LogP contribution < -0.4 is 5.73 Å². The minimum absolute atomic E-state index is 0.271. The van der Waals surface area contributed by atoms with Crippen molar-refractivity contribution in [3.63, 3.8) is 0 Å². The summed E-state index contributed by atoms with van der Waals surface area (Å²) < 4.78 is 0. The number of aromatic nitrogens is 1. The maximum absolute atomic E-state index is 5.82. The predicted octanol–water partition coefficient (Wildman–Crippen LogP) is 1.31. The standard InChI is InChI=1S/C15H24N4S/c1-2-14(15(16)20)19-11-9-18(10-12-19)8-5-13-3-6-17-7-4-13/h3-4,6-7,14H,2,5,8-12H2,1H3,(H2,16,20). The van der Waals surface area contributed by atoms with Gasteiger partial charge in [0.1, 0.15) is 0 Å². The molecule has 1 aliphatic rings. The highest BCUT2D eigenvalue weighted by Crippen LogP contribution is 2.10. The molecule has 5 heteroatoms. The van der Waals surface area contributed by atoms with E-state index in [2.05, 4.69) is 33.8 Å². The van der Waals surface area contributed by atoms with Gasteiger partial charge in [0.2, 0.25) is 0 Å². The summed E-state index contributed by atoms with van der Waals surface area (Å²) in [5.41, 5.74) is 7.18. The summed E-state index contributed by atoms with van der Waals surface area (Å²) >= 11 is 5.16. The van der Waals surface area contributed by atoms with Crippen molar-refractivity contribution in [2.75, 3.05) is 32.7 Å². The molecule has 2 heterocycles. The minimum atomic E-state index is 0.271. The molecule has 0 amide bonds. The van der Waals surface area contributed by atoms with Crippen molar-refractivity contribution >= 4 is 17.2 Å². The van der Waals surface area contributed by atoms with Crippen LogP contribution in [0.1, 0.15) is 18.9 Å². The lowest BCUT2D eigenvalue weighted by Crippen LogP contribution is -2.53. The third kappa shape index (κ3) is 4.23. The molecule has 2 rings (SSSR count). The summed E-state index contributed by atoms with van der Waals surface area (Å²) in [6, 6.07) is 4.46. The van der Waals surface area contributed by atoms with Crippen LogP contribution in [0, 0.1) is 0 Å². The number of thiocarbonyl (C=S) groups is 1. The van der Waals surface area contributed by atoms with Gasteiger partial charge in [-0.25, -0.2) is 0 Å². The van der Waals surface area contributed by atoms with Crippen LogP contribution in [-0.2, 0) is 6.42 Å². The van der Waals surface area contributed by atoms with E-state index in [1.54, 1.807) is 0 Å². The molecule has 1 aliphatic heterocycles. The fourth-order valence-corrected chi connectivity index (χ4v) is 3.09. The maximum Gasteiger partial charge on any atom is 0.0901 e. The van der Waals surface area contributed by atoms with Crippen molar-refractivity contribution in [3.8, 4) is 0 Å². The molecule has 1 saturated heterocycles. The van der Waals surface area contributed by atoms with Gasteiger partial charge >= 0.3 is 0 Å². The number of hydrogen-bond donors (Lipinski definition) is 1. The molecule has 0 saturated carbocycles. The van der Waals surface area contributed by atoms with Gasteiger partial charge in [0.15, 0.2) is 0 Å². The molecule has 0 spiro atoms. The van der Waals surface area contributed by atoms with Gasteiger partial charge in [-0.1, -0.05) is 19.1 Å². The fourth-order valence-electron chi connectivity index (χ4n) is 2.77. The Balaban J connectivity index is 1.75. The zero-order valence-electron chi connectivity index (χ0n) is 12.2. The predicted molar refractivity (Wildman–Crippen MR) is 86.8 cm³/mol. The number of nitrogens with two attached hydrogens (primary N) is 1. The van der Waals surface area contributed by atoms with Gasteiger partial charge in [-0.15, -0.1) is 0 Å². The Labute approximate surface area is 127 Å². The number of hydrogen-bond acceptors (Lipinski definition) is 4.